The number of benzene rings is 1. The highest BCUT2D eigenvalue weighted by atomic mass is 19.1. The molecule has 1 fully saturated rings. The summed E-state index contributed by atoms with van der Waals surface area (Å²) in [6.45, 7) is 1.59. The van der Waals surface area contributed by atoms with E-state index in [4.69, 9.17) is 14.7 Å². The summed E-state index contributed by atoms with van der Waals surface area (Å²) in [6.07, 6.45) is 3.02. The molecule has 2 aliphatic rings. The summed E-state index contributed by atoms with van der Waals surface area (Å²) in [4.78, 5) is 38.0. The average molecular weight is 429 g/mol. The normalized spacial score (nSPS) is 20.3. The summed E-state index contributed by atoms with van der Waals surface area (Å²) >= 11 is 0. The number of amides is 2. The van der Waals surface area contributed by atoms with E-state index in [1.54, 1.807) is 12.1 Å². The third-order valence-electron chi connectivity index (χ3n) is 4.77. The monoisotopic (exact) mass is 429 g/mol. The van der Waals surface area contributed by atoms with Crippen LogP contribution in [-0.4, -0.2) is 59.0 Å². The number of carbonyl (C=O) groups excluding carboxylic acids is 2. The standard InChI is InChI=1S/C20H20FN5O5/c1-11(28)22-8-15-9-26(20(29)30-15)13-2-3-16(17(21)4-13)12-6-23-19(24-7-12)18-5-14(10-27)31-25-18/h2-7,14-15,25,27H,8-10H2,1H3,(H,22,28)/t14?,15-/m0/s1. The van der Waals surface area contributed by atoms with Gasteiger partial charge in [0, 0.05) is 30.4 Å². The molecule has 1 unspecified atom stereocenters. The maximum Gasteiger partial charge on any atom is 0.414 e. The van der Waals surface area contributed by atoms with Crippen molar-refractivity contribution in [1.82, 2.24) is 20.8 Å². The van der Waals surface area contributed by atoms with Crippen LogP contribution in [0, 0.1) is 5.82 Å². The lowest BCUT2D eigenvalue weighted by Crippen LogP contribution is -2.33. The van der Waals surface area contributed by atoms with Crippen LogP contribution in [0.3, 0.4) is 0 Å². The average Bonchev–Trinajstić information content (AvgIpc) is 3.39. The maximum absolute atomic E-state index is 14.8. The molecule has 1 aromatic heterocycles. The van der Waals surface area contributed by atoms with Gasteiger partial charge in [0.1, 0.15) is 23.7 Å². The molecule has 1 aromatic carbocycles. The molecule has 0 saturated carbocycles. The number of aliphatic hydroxyl groups is 1. The van der Waals surface area contributed by atoms with Crippen molar-refractivity contribution in [2.45, 2.75) is 19.1 Å². The molecule has 2 amide bonds. The van der Waals surface area contributed by atoms with E-state index in [9.17, 15) is 14.0 Å². The smallest absolute Gasteiger partial charge is 0.414 e. The van der Waals surface area contributed by atoms with Gasteiger partial charge in [0.25, 0.3) is 0 Å². The molecule has 11 heteroatoms. The number of rotatable bonds is 6. The second kappa shape index (κ2) is 8.66. The van der Waals surface area contributed by atoms with Crippen molar-refractivity contribution in [1.29, 1.82) is 0 Å². The van der Waals surface area contributed by atoms with Crippen molar-refractivity contribution in [3.8, 4) is 11.1 Å². The fraction of sp³-hybridized carbons (Fsp3) is 0.300. The van der Waals surface area contributed by atoms with Crippen molar-refractivity contribution in [3.63, 3.8) is 0 Å². The number of cyclic esters (lactones) is 1. The van der Waals surface area contributed by atoms with E-state index >= 15 is 0 Å². The number of nitrogens with zero attached hydrogens (tertiary/aromatic N) is 3. The summed E-state index contributed by atoms with van der Waals surface area (Å²) in [7, 11) is 0. The minimum absolute atomic E-state index is 0.176. The lowest BCUT2D eigenvalue weighted by atomic mass is 10.1. The van der Waals surface area contributed by atoms with Gasteiger partial charge in [-0.3, -0.25) is 20.0 Å². The highest BCUT2D eigenvalue weighted by molar-refractivity contribution is 5.90. The Labute approximate surface area is 176 Å². The number of aliphatic hydroxyl groups excluding tert-OH is 1. The Morgan fingerprint density at radius 3 is 2.81 bits per heavy atom. The molecule has 31 heavy (non-hydrogen) atoms. The van der Waals surface area contributed by atoms with Crippen molar-refractivity contribution in [3.05, 3.63) is 48.3 Å². The van der Waals surface area contributed by atoms with Crippen LogP contribution in [0.1, 0.15) is 12.7 Å². The molecule has 2 aliphatic heterocycles. The SMILES string of the molecule is CC(=O)NC[C@H]1CN(c2ccc(-c3cnc(C4=CC(CO)ON4)nc3)c(F)c2)C(=O)O1. The third-order valence-corrected chi connectivity index (χ3v) is 4.77. The van der Waals surface area contributed by atoms with Gasteiger partial charge in [-0.15, -0.1) is 0 Å². The summed E-state index contributed by atoms with van der Waals surface area (Å²) in [6, 6.07) is 4.39. The zero-order valence-electron chi connectivity index (χ0n) is 16.5. The van der Waals surface area contributed by atoms with E-state index in [1.165, 1.54) is 36.4 Å². The second-order valence-electron chi connectivity index (χ2n) is 7.03. The van der Waals surface area contributed by atoms with Gasteiger partial charge < -0.3 is 15.2 Å². The van der Waals surface area contributed by atoms with Crippen LogP contribution in [-0.2, 0) is 14.4 Å². The van der Waals surface area contributed by atoms with E-state index in [1.807, 2.05) is 0 Å². The minimum atomic E-state index is -0.601. The highest BCUT2D eigenvalue weighted by Gasteiger charge is 2.32. The Balaban J connectivity index is 1.48. The van der Waals surface area contributed by atoms with Gasteiger partial charge in [-0.1, -0.05) is 0 Å². The van der Waals surface area contributed by atoms with E-state index in [0.717, 1.165) is 0 Å². The number of ether oxygens (including phenoxy) is 1. The Morgan fingerprint density at radius 2 is 2.16 bits per heavy atom. The topological polar surface area (TPSA) is 126 Å². The predicted molar refractivity (Wildman–Crippen MR) is 107 cm³/mol. The molecule has 0 spiro atoms. The molecular formula is C20H20FN5O5. The van der Waals surface area contributed by atoms with Crippen molar-refractivity contribution in [2.24, 2.45) is 0 Å². The van der Waals surface area contributed by atoms with Crippen LogP contribution >= 0.6 is 0 Å². The van der Waals surface area contributed by atoms with E-state index < -0.39 is 24.1 Å². The number of carbonyl (C=O) groups is 2. The largest absolute Gasteiger partial charge is 0.442 e. The molecule has 162 valence electrons. The molecular weight excluding hydrogens is 409 g/mol. The molecule has 2 atom stereocenters. The van der Waals surface area contributed by atoms with Gasteiger partial charge in [0.15, 0.2) is 5.82 Å². The first-order chi connectivity index (χ1) is 14.9. The second-order valence-corrected chi connectivity index (χ2v) is 7.03. The fourth-order valence-corrected chi connectivity index (χ4v) is 3.21. The van der Waals surface area contributed by atoms with Gasteiger partial charge in [-0.25, -0.2) is 19.2 Å². The minimum Gasteiger partial charge on any atom is -0.442 e. The fourth-order valence-electron chi connectivity index (χ4n) is 3.21. The van der Waals surface area contributed by atoms with Gasteiger partial charge in [-0.2, -0.15) is 0 Å². The van der Waals surface area contributed by atoms with Gasteiger partial charge in [0.2, 0.25) is 5.91 Å². The third kappa shape index (κ3) is 4.47. The first-order valence-corrected chi connectivity index (χ1v) is 9.54. The quantitative estimate of drug-likeness (QED) is 0.621. The number of hydroxylamine groups is 1. The first kappa shape index (κ1) is 20.7. The summed E-state index contributed by atoms with van der Waals surface area (Å²) in [5, 5.41) is 11.7. The number of aromatic nitrogens is 2. The van der Waals surface area contributed by atoms with Crippen LogP contribution < -0.4 is 15.7 Å². The van der Waals surface area contributed by atoms with Crippen molar-refractivity contribution < 1.29 is 28.7 Å². The number of anilines is 1. The zero-order valence-corrected chi connectivity index (χ0v) is 16.5. The van der Waals surface area contributed by atoms with E-state index in [0.29, 0.717) is 22.8 Å². The number of hydrogen-bond acceptors (Lipinski definition) is 8. The molecule has 4 rings (SSSR count). The molecule has 2 aromatic rings. The molecule has 0 radical (unpaired) electrons. The molecule has 1 saturated heterocycles. The summed E-state index contributed by atoms with van der Waals surface area (Å²) in [5.41, 5.74) is 4.23. The summed E-state index contributed by atoms with van der Waals surface area (Å²) < 4.78 is 20.0. The predicted octanol–water partition coefficient (Wildman–Crippen LogP) is 0.981. The van der Waals surface area contributed by atoms with Crippen molar-refractivity contribution in [2.75, 3.05) is 24.6 Å². The van der Waals surface area contributed by atoms with Crippen LogP contribution in [0.4, 0.5) is 14.9 Å². The Hall–Kier alpha value is -3.57. The molecule has 0 bridgehead atoms. The number of halogens is 1. The van der Waals surface area contributed by atoms with Gasteiger partial charge in [-0.05, 0) is 24.3 Å². The Bertz CT molecular complexity index is 1030. The van der Waals surface area contributed by atoms with Crippen LogP contribution in [0.15, 0.2) is 36.7 Å². The van der Waals surface area contributed by atoms with E-state index in [-0.39, 0.29) is 31.2 Å². The van der Waals surface area contributed by atoms with Crippen molar-refractivity contribution >= 4 is 23.4 Å². The Morgan fingerprint density at radius 1 is 1.39 bits per heavy atom. The zero-order chi connectivity index (χ0) is 22.0. The van der Waals surface area contributed by atoms with E-state index in [2.05, 4.69) is 20.8 Å². The van der Waals surface area contributed by atoms with Gasteiger partial charge in [0.05, 0.1) is 25.4 Å². The molecule has 3 heterocycles. The number of hydrogen-bond donors (Lipinski definition) is 3. The molecule has 3 N–H and O–H groups in total. The van der Waals surface area contributed by atoms with Crippen LogP contribution in [0.5, 0.6) is 0 Å². The molecule has 0 aliphatic carbocycles. The number of nitrogens with one attached hydrogen (secondary N) is 2. The lowest BCUT2D eigenvalue weighted by Gasteiger charge is -2.14. The molecule has 10 nitrogen and oxygen atoms in total. The van der Waals surface area contributed by atoms with Crippen LogP contribution in [0.2, 0.25) is 0 Å². The lowest BCUT2D eigenvalue weighted by molar-refractivity contribution is -0.119. The van der Waals surface area contributed by atoms with Crippen LogP contribution in [0.25, 0.3) is 16.8 Å². The van der Waals surface area contributed by atoms with Gasteiger partial charge >= 0.3 is 6.09 Å². The maximum atomic E-state index is 14.8. The summed E-state index contributed by atoms with van der Waals surface area (Å²) in [5.74, 6) is -0.422. The highest BCUT2D eigenvalue weighted by Crippen LogP contribution is 2.29. The first-order valence-electron chi connectivity index (χ1n) is 9.54. The Kier molecular flexibility index (Phi) is 5.78.